The van der Waals surface area contributed by atoms with Gasteiger partial charge in [-0.3, -0.25) is 15.6 Å². The lowest BCUT2D eigenvalue weighted by Gasteiger charge is -2.05. The number of para-hydroxylation sites is 1. The van der Waals surface area contributed by atoms with Crippen molar-refractivity contribution in [1.29, 1.82) is 0 Å². The van der Waals surface area contributed by atoms with Crippen LogP contribution in [0.2, 0.25) is 0 Å². The number of carbonyl (C=O) groups is 1. The largest absolute Gasteiger partial charge is 0.465 e. The van der Waals surface area contributed by atoms with E-state index in [0.29, 0.717) is 5.76 Å². The fourth-order valence-corrected chi connectivity index (χ4v) is 1.24. The molecule has 0 unspecified atom stereocenters. The molecule has 2 rings (SSSR count). The Hall–Kier alpha value is -2.49. The molecule has 1 aromatic carbocycles. The van der Waals surface area contributed by atoms with E-state index in [-0.39, 0.29) is 5.91 Å². The molecule has 1 aromatic heterocycles. The standard InChI is InChI=1S/C13H12N2O2/c16-13(9-8-12-7-4-10-17-12)15-14-11-5-2-1-3-6-11/h1-10,14H,(H,15,16). The Kier molecular flexibility index (Phi) is 3.60. The SMILES string of the molecule is O=C(C=Cc1ccco1)NNc1ccccc1. The Morgan fingerprint density at radius 2 is 1.94 bits per heavy atom. The van der Waals surface area contributed by atoms with Gasteiger partial charge in [0.05, 0.1) is 12.0 Å². The summed E-state index contributed by atoms with van der Waals surface area (Å²) in [6.45, 7) is 0. The highest BCUT2D eigenvalue weighted by atomic mass is 16.3. The normalized spacial score (nSPS) is 10.4. The van der Waals surface area contributed by atoms with Crippen LogP contribution >= 0.6 is 0 Å². The van der Waals surface area contributed by atoms with Crippen molar-refractivity contribution in [3.63, 3.8) is 0 Å². The second-order valence-electron chi connectivity index (χ2n) is 3.33. The van der Waals surface area contributed by atoms with Gasteiger partial charge in [-0.1, -0.05) is 18.2 Å². The van der Waals surface area contributed by atoms with Crippen LogP contribution in [0, 0.1) is 0 Å². The Balaban J connectivity index is 1.82. The zero-order valence-corrected chi connectivity index (χ0v) is 9.09. The maximum Gasteiger partial charge on any atom is 0.262 e. The number of furan rings is 1. The average Bonchev–Trinajstić information content (AvgIpc) is 2.88. The minimum absolute atomic E-state index is 0.245. The third kappa shape index (κ3) is 3.53. The van der Waals surface area contributed by atoms with E-state index in [0.717, 1.165) is 5.69 Å². The highest BCUT2D eigenvalue weighted by molar-refractivity contribution is 5.92. The third-order valence-corrected chi connectivity index (χ3v) is 2.05. The molecular formula is C13H12N2O2. The molecule has 0 bridgehead atoms. The van der Waals surface area contributed by atoms with Crippen LogP contribution in [0.4, 0.5) is 5.69 Å². The molecule has 0 fully saturated rings. The number of carbonyl (C=O) groups excluding carboxylic acids is 1. The van der Waals surface area contributed by atoms with Crippen LogP contribution in [0.5, 0.6) is 0 Å². The molecule has 0 spiro atoms. The highest BCUT2D eigenvalue weighted by Crippen LogP contribution is 2.03. The lowest BCUT2D eigenvalue weighted by Crippen LogP contribution is -2.27. The summed E-state index contributed by atoms with van der Waals surface area (Å²) < 4.78 is 5.06. The lowest BCUT2D eigenvalue weighted by molar-refractivity contribution is -0.116. The van der Waals surface area contributed by atoms with E-state index in [9.17, 15) is 4.79 Å². The molecule has 0 saturated carbocycles. The van der Waals surface area contributed by atoms with Gasteiger partial charge in [0.15, 0.2) is 0 Å². The van der Waals surface area contributed by atoms with Crippen molar-refractivity contribution in [1.82, 2.24) is 5.43 Å². The minimum Gasteiger partial charge on any atom is -0.465 e. The van der Waals surface area contributed by atoms with Crippen LogP contribution < -0.4 is 10.9 Å². The highest BCUT2D eigenvalue weighted by Gasteiger charge is 1.95. The lowest BCUT2D eigenvalue weighted by atomic mass is 10.3. The predicted molar refractivity (Wildman–Crippen MR) is 65.9 cm³/mol. The number of amides is 1. The van der Waals surface area contributed by atoms with Crippen LogP contribution in [0.15, 0.2) is 59.2 Å². The average molecular weight is 228 g/mol. The number of hydrogen-bond donors (Lipinski definition) is 2. The van der Waals surface area contributed by atoms with Gasteiger partial charge in [0.25, 0.3) is 5.91 Å². The number of nitrogens with one attached hydrogen (secondary N) is 2. The van der Waals surface area contributed by atoms with E-state index in [4.69, 9.17) is 4.42 Å². The van der Waals surface area contributed by atoms with E-state index in [1.54, 1.807) is 24.5 Å². The molecule has 4 heteroatoms. The quantitative estimate of drug-likeness (QED) is 0.624. The van der Waals surface area contributed by atoms with Crippen molar-refractivity contribution in [3.8, 4) is 0 Å². The minimum atomic E-state index is -0.245. The smallest absolute Gasteiger partial charge is 0.262 e. The van der Waals surface area contributed by atoms with Crippen LogP contribution in [0.25, 0.3) is 6.08 Å². The topological polar surface area (TPSA) is 54.3 Å². The molecule has 2 aromatic rings. The first kappa shape index (κ1) is 11.0. The molecule has 0 aliphatic carbocycles. The van der Waals surface area contributed by atoms with Crippen LogP contribution in [0.3, 0.4) is 0 Å². The Labute approximate surface area is 98.9 Å². The van der Waals surface area contributed by atoms with Crippen molar-refractivity contribution in [2.45, 2.75) is 0 Å². The van der Waals surface area contributed by atoms with Gasteiger partial charge in [0.2, 0.25) is 0 Å². The predicted octanol–water partition coefficient (Wildman–Crippen LogP) is 2.44. The number of benzene rings is 1. The van der Waals surface area contributed by atoms with Gasteiger partial charge in [-0.2, -0.15) is 0 Å². The molecular weight excluding hydrogens is 216 g/mol. The monoisotopic (exact) mass is 228 g/mol. The fourth-order valence-electron chi connectivity index (χ4n) is 1.24. The molecule has 0 radical (unpaired) electrons. The van der Waals surface area contributed by atoms with Gasteiger partial charge in [0, 0.05) is 6.08 Å². The molecule has 17 heavy (non-hydrogen) atoms. The first-order valence-electron chi connectivity index (χ1n) is 5.17. The van der Waals surface area contributed by atoms with E-state index < -0.39 is 0 Å². The summed E-state index contributed by atoms with van der Waals surface area (Å²) >= 11 is 0. The zero-order chi connectivity index (χ0) is 11.9. The van der Waals surface area contributed by atoms with Crippen LogP contribution in [0.1, 0.15) is 5.76 Å². The zero-order valence-electron chi connectivity index (χ0n) is 9.09. The van der Waals surface area contributed by atoms with Gasteiger partial charge in [0.1, 0.15) is 5.76 Å². The Bertz CT molecular complexity index is 489. The van der Waals surface area contributed by atoms with Gasteiger partial charge >= 0.3 is 0 Å². The van der Waals surface area contributed by atoms with Gasteiger partial charge < -0.3 is 4.42 Å². The fraction of sp³-hybridized carbons (Fsp3) is 0. The summed E-state index contributed by atoms with van der Waals surface area (Å²) in [7, 11) is 0. The summed E-state index contributed by atoms with van der Waals surface area (Å²) in [5.74, 6) is 0.394. The molecule has 0 aliphatic rings. The molecule has 0 aliphatic heterocycles. The summed E-state index contributed by atoms with van der Waals surface area (Å²) in [5.41, 5.74) is 6.16. The molecule has 0 saturated heterocycles. The maximum atomic E-state index is 11.4. The molecule has 1 heterocycles. The van der Waals surface area contributed by atoms with Crippen LogP contribution in [-0.4, -0.2) is 5.91 Å². The summed E-state index contributed by atoms with van der Waals surface area (Å²) in [4.78, 5) is 11.4. The van der Waals surface area contributed by atoms with Gasteiger partial charge in [-0.05, 0) is 30.3 Å². The summed E-state index contributed by atoms with van der Waals surface area (Å²) in [6.07, 6.45) is 4.55. The molecule has 86 valence electrons. The maximum absolute atomic E-state index is 11.4. The number of rotatable bonds is 4. The molecule has 1 amide bonds. The van der Waals surface area contributed by atoms with E-state index in [1.807, 2.05) is 30.3 Å². The molecule has 2 N–H and O–H groups in total. The first-order chi connectivity index (χ1) is 8.34. The number of hydrazine groups is 1. The van der Waals surface area contributed by atoms with Gasteiger partial charge in [-0.25, -0.2) is 0 Å². The second-order valence-corrected chi connectivity index (χ2v) is 3.33. The van der Waals surface area contributed by atoms with E-state index in [1.165, 1.54) is 6.08 Å². The van der Waals surface area contributed by atoms with Crippen molar-refractivity contribution in [2.24, 2.45) is 0 Å². The number of hydrogen-bond acceptors (Lipinski definition) is 3. The Morgan fingerprint density at radius 1 is 1.12 bits per heavy atom. The van der Waals surface area contributed by atoms with E-state index in [2.05, 4.69) is 10.9 Å². The van der Waals surface area contributed by atoms with Crippen molar-refractivity contribution in [3.05, 3.63) is 60.6 Å². The van der Waals surface area contributed by atoms with Crippen LogP contribution in [-0.2, 0) is 4.79 Å². The second kappa shape index (κ2) is 5.55. The third-order valence-electron chi connectivity index (χ3n) is 2.05. The molecule has 4 nitrogen and oxygen atoms in total. The Morgan fingerprint density at radius 3 is 2.65 bits per heavy atom. The van der Waals surface area contributed by atoms with Crippen molar-refractivity contribution < 1.29 is 9.21 Å². The van der Waals surface area contributed by atoms with E-state index >= 15 is 0 Å². The molecule has 0 atom stereocenters. The van der Waals surface area contributed by atoms with Gasteiger partial charge in [-0.15, -0.1) is 0 Å². The number of anilines is 1. The van der Waals surface area contributed by atoms with Crippen molar-refractivity contribution in [2.75, 3.05) is 5.43 Å². The summed E-state index contributed by atoms with van der Waals surface area (Å²) in [6, 6.07) is 12.9. The summed E-state index contributed by atoms with van der Waals surface area (Å²) in [5, 5.41) is 0. The van der Waals surface area contributed by atoms with Crippen molar-refractivity contribution >= 4 is 17.7 Å². The first-order valence-corrected chi connectivity index (χ1v) is 5.17.